The van der Waals surface area contributed by atoms with E-state index in [0.717, 1.165) is 32.5 Å². The van der Waals surface area contributed by atoms with E-state index in [-0.39, 0.29) is 12.6 Å². The Morgan fingerprint density at radius 2 is 2.16 bits per heavy atom. The van der Waals surface area contributed by atoms with Gasteiger partial charge in [-0.15, -0.1) is 0 Å². The first kappa shape index (κ1) is 14.0. The van der Waals surface area contributed by atoms with Crippen LogP contribution in [0.4, 0.5) is 0 Å². The summed E-state index contributed by atoms with van der Waals surface area (Å²) in [6, 6.07) is 7.62. The fraction of sp³-hybridized carbons (Fsp3) is 0.533. The lowest BCUT2D eigenvalue weighted by Crippen LogP contribution is -2.36. The maximum Gasteiger partial charge on any atom is 0.308 e. The Balaban J connectivity index is 1.90. The molecule has 1 unspecified atom stereocenters. The highest BCUT2D eigenvalue weighted by atomic mass is 16.5. The van der Waals surface area contributed by atoms with Crippen LogP contribution >= 0.6 is 0 Å². The van der Waals surface area contributed by atoms with Crippen LogP contribution in [0.2, 0.25) is 0 Å². The minimum Gasteiger partial charge on any atom is -0.427 e. The molecule has 2 rings (SSSR count). The van der Waals surface area contributed by atoms with Crippen molar-refractivity contribution in [2.24, 2.45) is 5.92 Å². The van der Waals surface area contributed by atoms with Crippen molar-refractivity contribution in [3.63, 3.8) is 0 Å². The Morgan fingerprint density at radius 1 is 1.42 bits per heavy atom. The Hall–Kier alpha value is -1.39. The van der Waals surface area contributed by atoms with Crippen molar-refractivity contribution in [3.05, 3.63) is 29.8 Å². The van der Waals surface area contributed by atoms with Crippen LogP contribution in [0.5, 0.6) is 5.75 Å². The molecule has 1 aromatic carbocycles. The number of rotatable bonds is 4. The topological polar surface area (TPSA) is 49.8 Å². The number of benzene rings is 1. The first-order chi connectivity index (χ1) is 9.17. The molecule has 4 nitrogen and oxygen atoms in total. The monoisotopic (exact) mass is 263 g/mol. The van der Waals surface area contributed by atoms with Crippen molar-refractivity contribution in [1.29, 1.82) is 0 Å². The minimum absolute atomic E-state index is 0.280. The fourth-order valence-corrected chi connectivity index (χ4v) is 2.53. The van der Waals surface area contributed by atoms with E-state index in [1.807, 2.05) is 24.3 Å². The Morgan fingerprint density at radius 3 is 2.79 bits per heavy atom. The molecule has 1 aliphatic heterocycles. The molecule has 0 amide bonds. The smallest absolute Gasteiger partial charge is 0.308 e. The lowest BCUT2D eigenvalue weighted by Gasteiger charge is -2.31. The Kier molecular flexibility index (Phi) is 4.93. The van der Waals surface area contributed by atoms with Crippen LogP contribution in [0, 0.1) is 5.92 Å². The number of hydrogen-bond acceptors (Lipinski definition) is 4. The number of likely N-dealkylation sites (tertiary alicyclic amines) is 1. The van der Waals surface area contributed by atoms with Gasteiger partial charge >= 0.3 is 5.97 Å². The summed E-state index contributed by atoms with van der Waals surface area (Å²) in [5.74, 6) is 0.701. The molecule has 1 heterocycles. The van der Waals surface area contributed by atoms with Crippen LogP contribution < -0.4 is 4.74 Å². The summed E-state index contributed by atoms with van der Waals surface area (Å²) in [4.78, 5) is 13.2. The molecule has 1 saturated heterocycles. The number of hydrogen-bond donors (Lipinski definition) is 1. The molecule has 19 heavy (non-hydrogen) atoms. The molecule has 0 saturated carbocycles. The van der Waals surface area contributed by atoms with Crippen molar-refractivity contribution < 1.29 is 14.6 Å². The number of nitrogens with zero attached hydrogens (tertiary/aromatic N) is 1. The van der Waals surface area contributed by atoms with Gasteiger partial charge in [0.15, 0.2) is 0 Å². The molecular formula is C15H21NO3. The van der Waals surface area contributed by atoms with Gasteiger partial charge in [0.05, 0.1) is 0 Å². The predicted octanol–water partition coefficient (Wildman–Crippen LogP) is 1.82. The van der Waals surface area contributed by atoms with Gasteiger partial charge in [0, 0.05) is 26.6 Å². The number of esters is 1. The molecule has 1 aliphatic rings. The van der Waals surface area contributed by atoms with Crippen molar-refractivity contribution in [1.82, 2.24) is 4.90 Å². The van der Waals surface area contributed by atoms with Gasteiger partial charge in [-0.2, -0.15) is 0 Å². The second kappa shape index (κ2) is 6.68. The van der Waals surface area contributed by atoms with Crippen molar-refractivity contribution in [3.8, 4) is 5.75 Å². The quantitative estimate of drug-likeness (QED) is 0.665. The summed E-state index contributed by atoms with van der Waals surface area (Å²) in [5, 5.41) is 9.22. The maximum atomic E-state index is 10.8. The van der Waals surface area contributed by atoms with Crippen LogP contribution in [0.1, 0.15) is 25.3 Å². The zero-order valence-electron chi connectivity index (χ0n) is 11.3. The van der Waals surface area contributed by atoms with Crippen molar-refractivity contribution in [2.75, 3.05) is 19.7 Å². The zero-order valence-corrected chi connectivity index (χ0v) is 11.3. The molecular weight excluding hydrogens is 242 g/mol. The minimum atomic E-state index is -0.297. The molecule has 0 bridgehead atoms. The zero-order chi connectivity index (χ0) is 13.7. The number of ether oxygens (including phenoxy) is 1. The highest BCUT2D eigenvalue weighted by Gasteiger charge is 2.18. The first-order valence-electron chi connectivity index (χ1n) is 6.78. The molecule has 0 aliphatic carbocycles. The van der Waals surface area contributed by atoms with Crippen LogP contribution in [-0.4, -0.2) is 35.7 Å². The second-order valence-electron chi connectivity index (χ2n) is 5.16. The standard InChI is InChI=1S/C15H21NO3/c1-12(18)19-15-6-4-13(5-7-15)9-16-8-2-3-14(10-16)11-17/h4-7,14,17H,2-3,8-11H2,1H3. The van der Waals surface area contributed by atoms with E-state index in [9.17, 15) is 9.90 Å². The van der Waals surface area contributed by atoms with Gasteiger partial charge in [-0.3, -0.25) is 9.69 Å². The van der Waals surface area contributed by atoms with Crippen LogP contribution in [0.25, 0.3) is 0 Å². The van der Waals surface area contributed by atoms with E-state index in [4.69, 9.17) is 4.74 Å². The summed E-state index contributed by atoms with van der Waals surface area (Å²) < 4.78 is 5.01. The van der Waals surface area contributed by atoms with Gasteiger partial charge in [0.1, 0.15) is 5.75 Å². The summed E-state index contributed by atoms with van der Waals surface area (Å²) >= 11 is 0. The second-order valence-corrected chi connectivity index (χ2v) is 5.16. The van der Waals surface area contributed by atoms with E-state index < -0.39 is 0 Å². The number of aliphatic hydroxyl groups excluding tert-OH is 1. The van der Waals surface area contributed by atoms with Gasteiger partial charge in [0.2, 0.25) is 0 Å². The molecule has 1 aromatic rings. The summed E-state index contributed by atoms with van der Waals surface area (Å²) in [7, 11) is 0. The van der Waals surface area contributed by atoms with Crippen molar-refractivity contribution >= 4 is 5.97 Å². The third kappa shape index (κ3) is 4.33. The van der Waals surface area contributed by atoms with E-state index in [1.54, 1.807) is 0 Å². The van der Waals surface area contributed by atoms with E-state index in [1.165, 1.54) is 12.5 Å². The third-order valence-corrected chi connectivity index (χ3v) is 3.45. The molecule has 0 radical (unpaired) electrons. The molecule has 104 valence electrons. The largest absolute Gasteiger partial charge is 0.427 e. The van der Waals surface area contributed by atoms with Gasteiger partial charge in [-0.05, 0) is 43.0 Å². The molecule has 1 atom stereocenters. The van der Waals surface area contributed by atoms with E-state index in [2.05, 4.69) is 4.90 Å². The Labute approximate surface area is 114 Å². The predicted molar refractivity (Wildman–Crippen MR) is 72.8 cm³/mol. The highest BCUT2D eigenvalue weighted by molar-refractivity contribution is 5.69. The molecule has 0 aromatic heterocycles. The average molecular weight is 263 g/mol. The summed E-state index contributed by atoms with van der Waals surface area (Å²) in [6.07, 6.45) is 2.27. The highest BCUT2D eigenvalue weighted by Crippen LogP contribution is 2.19. The molecule has 1 N–H and O–H groups in total. The summed E-state index contributed by atoms with van der Waals surface area (Å²) in [5.41, 5.74) is 1.20. The fourth-order valence-electron chi connectivity index (χ4n) is 2.53. The lowest BCUT2D eigenvalue weighted by atomic mass is 9.98. The SMILES string of the molecule is CC(=O)Oc1ccc(CN2CCCC(CO)C2)cc1. The number of aliphatic hydroxyl groups is 1. The first-order valence-corrected chi connectivity index (χ1v) is 6.78. The molecule has 1 fully saturated rings. The van der Waals surface area contributed by atoms with Gasteiger partial charge < -0.3 is 9.84 Å². The van der Waals surface area contributed by atoms with Crippen molar-refractivity contribution in [2.45, 2.75) is 26.3 Å². The third-order valence-electron chi connectivity index (χ3n) is 3.45. The van der Waals surface area contributed by atoms with Crippen LogP contribution in [-0.2, 0) is 11.3 Å². The molecule has 0 spiro atoms. The lowest BCUT2D eigenvalue weighted by molar-refractivity contribution is -0.131. The van der Waals surface area contributed by atoms with Crippen LogP contribution in [0.15, 0.2) is 24.3 Å². The number of carbonyl (C=O) groups excluding carboxylic acids is 1. The van der Waals surface area contributed by atoms with Gasteiger partial charge in [-0.1, -0.05) is 12.1 Å². The Bertz CT molecular complexity index is 416. The van der Waals surface area contributed by atoms with E-state index >= 15 is 0 Å². The maximum absolute atomic E-state index is 10.8. The number of piperidine rings is 1. The molecule has 4 heteroatoms. The van der Waals surface area contributed by atoms with Gasteiger partial charge in [-0.25, -0.2) is 0 Å². The summed E-state index contributed by atoms with van der Waals surface area (Å²) in [6.45, 7) is 4.61. The average Bonchev–Trinajstić information content (AvgIpc) is 2.41. The number of carbonyl (C=O) groups is 1. The van der Waals surface area contributed by atoms with Gasteiger partial charge in [0.25, 0.3) is 0 Å². The van der Waals surface area contributed by atoms with Crippen LogP contribution in [0.3, 0.4) is 0 Å². The normalized spacial score (nSPS) is 20.2. The van der Waals surface area contributed by atoms with E-state index in [0.29, 0.717) is 11.7 Å².